The third kappa shape index (κ3) is 2.79. The van der Waals surface area contributed by atoms with E-state index in [0.29, 0.717) is 18.8 Å². The van der Waals surface area contributed by atoms with Crippen LogP contribution in [-0.2, 0) is 14.9 Å². The van der Waals surface area contributed by atoms with Crippen molar-refractivity contribution in [3.63, 3.8) is 0 Å². The average molecular weight is 358 g/mol. The van der Waals surface area contributed by atoms with E-state index in [2.05, 4.69) is 5.16 Å². The van der Waals surface area contributed by atoms with E-state index in [4.69, 9.17) is 9.57 Å². The maximum Gasteiger partial charge on any atom is 0.243 e. The van der Waals surface area contributed by atoms with Gasteiger partial charge < -0.3 is 9.57 Å². The minimum Gasteiger partial charge on any atom is -0.497 e. The molecule has 25 heavy (non-hydrogen) atoms. The Morgan fingerprint density at radius 3 is 2.68 bits per heavy atom. The van der Waals surface area contributed by atoms with Crippen molar-refractivity contribution in [2.45, 2.75) is 11.0 Å². The quantitative estimate of drug-likeness (QED) is 0.840. The summed E-state index contributed by atoms with van der Waals surface area (Å²) in [6, 6.07) is 16.3. The second-order valence-corrected chi connectivity index (χ2v) is 8.03. The van der Waals surface area contributed by atoms with E-state index in [1.807, 2.05) is 30.3 Å². The molecule has 0 radical (unpaired) electrons. The molecule has 2 aliphatic heterocycles. The first-order valence-electron chi connectivity index (χ1n) is 8.03. The zero-order valence-corrected chi connectivity index (χ0v) is 14.5. The van der Waals surface area contributed by atoms with Crippen LogP contribution in [0.2, 0.25) is 0 Å². The summed E-state index contributed by atoms with van der Waals surface area (Å²) in [7, 11) is -2.08. The Kier molecular flexibility index (Phi) is 3.97. The van der Waals surface area contributed by atoms with E-state index in [1.54, 1.807) is 18.2 Å². The lowest BCUT2D eigenvalue weighted by Crippen LogP contribution is -2.30. The molecular formula is C18H18N2O4S. The van der Waals surface area contributed by atoms with Crippen LogP contribution >= 0.6 is 0 Å². The lowest BCUT2D eigenvalue weighted by Gasteiger charge is -2.17. The van der Waals surface area contributed by atoms with Crippen LogP contribution in [0.3, 0.4) is 0 Å². The number of hydrogen-bond acceptors (Lipinski definition) is 5. The van der Waals surface area contributed by atoms with Crippen LogP contribution in [0.4, 0.5) is 0 Å². The molecule has 2 aliphatic rings. The highest BCUT2D eigenvalue weighted by Gasteiger charge is 2.46. The molecule has 2 aromatic rings. The van der Waals surface area contributed by atoms with Gasteiger partial charge in [-0.1, -0.05) is 41.6 Å². The molecule has 1 saturated heterocycles. The lowest BCUT2D eigenvalue weighted by atomic mass is 9.95. The first-order chi connectivity index (χ1) is 12.1. The number of oxime groups is 1. The van der Waals surface area contributed by atoms with Crippen LogP contribution in [0.1, 0.15) is 5.56 Å². The third-order valence-electron chi connectivity index (χ3n) is 4.62. The van der Waals surface area contributed by atoms with Crippen molar-refractivity contribution in [2.24, 2.45) is 11.1 Å². The Hall–Kier alpha value is -2.38. The smallest absolute Gasteiger partial charge is 0.243 e. The predicted octanol–water partition coefficient (Wildman–Crippen LogP) is 2.12. The Morgan fingerprint density at radius 2 is 1.92 bits per heavy atom. The van der Waals surface area contributed by atoms with Gasteiger partial charge in [-0.05, 0) is 17.7 Å². The van der Waals surface area contributed by atoms with Crippen LogP contribution in [0.25, 0.3) is 0 Å². The molecule has 7 heteroatoms. The largest absolute Gasteiger partial charge is 0.497 e. The van der Waals surface area contributed by atoms with Gasteiger partial charge in [0.05, 0.1) is 30.2 Å². The Bertz CT molecular complexity index is 912. The van der Waals surface area contributed by atoms with Crippen LogP contribution in [0.15, 0.2) is 64.6 Å². The number of fused-ring (bicyclic) bond motifs is 1. The molecule has 0 saturated carbocycles. The number of rotatable bonds is 4. The summed E-state index contributed by atoms with van der Waals surface area (Å²) in [6.45, 7) is 0.655. The fourth-order valence-corrected chi connectivity index (χ4v) is 4.80. The number of sulfonamides is 1. The topological polar surface area (TPSA) is 68.2 Å². The monoisotopic (exact) mass is 358 g/mol. The first-order valence-corrected chi connectivity index (χ1v) is 9.47. The van der Waals surface area contributed by atoms with Gasteiger partial charge in [-0.2, -0.15) is 4.31 Å². The van der Waals surface area contributed by atoms with Crippen LogP contribution in [0.5, 0.6) is 5.75 Å². The summed E-state index contributed by atoms with van der Waals surface area (Å²) in [5, 5.41) is 4.18. The van der Waals surface area contributed by atoms with E-state index in [-0.39, 0.29) is 16.9 Å². The third-order valence-corrected chi connectivity index (χ3v) is 6.45. The highest BCUT2D eigenvalue weighted by molar-refractivity contribution is 7.89. The maximum absolute atomic E-state index is 13.0. The second-order valence-electron chi connectivity index (χ2n) is 6.09. The molecule has 0 bridgehead atoms. The summed E-state index contributed by atoms with van der Waals surface area (Å²) in [6.07, 6.45) is -0.240. The van der Waals surface area contributed by atoms with Gasteiger partial charge in [-0.15, -0.1) is 0 Å². The molecular weight excluding hydrogens is 340 g/mol. The van der Waals surface area contributed by atoms with Crippen LogP contribution in [-0.4, -0.2) is 44.7 Å². The molecule has 1 fully saturated rings. The zero-order valence-electron chi connectivity index (χ0n) is 13.7. The normalized spacial score (nSPS) is 23.0. The SMILES string of the molecule is COc1cccc(S(=O)(=O)N2CC3ON=C(c4ccccc4)C3C2)c1. The molecule has 6 nitrogen and oxygen atoms in total. The van der Waals surface area contributed by atoms with E-state index < -0.39 is 10.0 Å². The zero-order chi connectivity index (χ0) is 17.4. The standard InChI is InChI=1S/C18H18N2O4S/c1-23-14-8-5-9-15(10-14)25(21,22)20-11-16-17(12-20)24-19-18(16)13-6-3-2-4-7-13/h2-10,16-17H,11-12H2,1H3. The van der Waals surface area contributed by atoms with E-state index in [9.17, 15) is 8.42 Å². The van der Waals surface area contributed by atoms with Gasteiger partial charge in [0.25, 0.3) is 0 Å². The molecule has 4 rings (SSSR count). The molecule has 0 N–H and O–H groups in total. The Balaban J connectivity index is 1.59. The van der Waals surface area contributed by atoms with Crippen molar-refractivity contribution >= 4 is 15.7 Å². The lowest BCUT2D eigenvalue weighted by molar-refractivity contribution is 0.0803. The summed E-state index contributed by atoms with van der Waals surface area (Å²) >= 11 is 0. The predicted molar refractivity (Wildman–Crippen MR) is 93.1 cm³/mol. The number of methoxy groups -OCH3 is 1. The van der Waals surface area contributed by atoms with Crippen molar-refractivity contribution < 1.29 is 18.0 Å². The number of nitrogens with zero attached hydrogens (tertiary/aromatic N) is 2. The van der Waals surface area contributed by atoms with Crippen LogP contribution in [0, 0.1) is 5.92 Å². The molecule has 0 aromatic heterocycles. The number of benzene rings is 2. The van der Waals surface area contributed by atoms with Crippen LogP contribution < -0.4 is 4.74 Å². The van der Waals surface area contributed by atoms with E-state index in [0.717, 1.165) is 11.3 Å². The highest BCUT2D eigenvalue weighted by atomic mass is 32.2. The fourth-order valence-electron chi connectivity index (χ4n) is 3.28. The van der Waals surface area contributed by atoms with Gasteiger partial charge in [0.15, 0.2) is 6.10 Å². The number of hydrogen-bond donors (Lipinski definition) is 0. The summed E-state index contributed by atoms with van der Waals surface area (Å²) in [5.74, 6) is 0.464. The molecule has 2 unspecified atom stereocenters. The summed E-state index contributed by atoms with van der Waals surface area (Å²) in [4.78, 5) is 5.73. The van der Waals surface area contributed by atoms with Gasteiger partial charge in [0.1, 0.15) is 5.75 Å². The summed E-state index contributed by atoms with van der Waals surface area (Å²) < 4.78 is 32.5. The van der Waals surface area contributed by atoms with Crippen molar-refractivity contribution in [3.05, 3.63) is 60.2 Å². The molecule has 0 amide bonds. The Morgan fingerprint density at radius 1 is 1.12 bits per heavy atom. The molecule has 2 aromatic carbocycles. The van der Waals surface area contributed by atoms with Gasteiger partial charge in [0.2, 0.25) is 10.0 Å². The molecule has 130 valence electrons. The minimum absolute atomic E-state index is 0.0530. The maximum atomic E-state index is 13.0. The molecule has 0 aliphatic carbocycles. The number of ether oxygens (including phenoxy) is 1. The minimum atomic E-state index is -3.60. The van der Waals surface area contributed by atoms with Gasteiger partial charge in [-0.3, -0.25) is 0 Å². The van der Waals surface area contributed by atoms with Crippen molar-refractivity contribution in [1.29, 1.82) is 0 Å². The second kappa shape index (κ2) is 6.16. The highest BCUT2D eigenvalue weighted by Crippen LogP contribution is 2.33. The fraction of sp³-hybridized carbons (Fsp3) is 0.278. The van der Waals surface area contributed by atoms with E-state index >= 15 is 0 Å². The molecule has 2 atom stereocenters. The van der Waals surface area contributed by atoms with Gasteiger partial charge in [0, 0.05) is 12.6 Å². The molecule has 0 spiro atoms. The Labute approximate surface area is 146 Å². The summed E-state index contributed by atoms with van der Waals surface area (Å²) in [5.41, 5.74) is 1.78. The van der Waals surface area contributed by atoms with Crippen molar-refractivity contribution in [2.75, 3.05) is 20.2 Å². The first kappa shape index (κ1) is 16.1. The average Bonchev–Trinajstić information content (AvgIpc) is 3.23. The van der Waals surface area contributed by atoms with Gasteiger partial charge >= 0.3 is 0 Å². The van der Waals surface area contributed by atoms with Crippen molar-refractivity contribution in [3.8, 4) is 5.75 Å². The molecule has 2 heterocycles. The van der Waals surface area contributed by atoms with E-state index in [1.165, 1.54) is 17.5 Å². The van der Waals surface area contributed by atoms with Gasteiger partial charge in [-0.25, -0.2) is 8.42 Å². The van der Waals surface area contributed by atoms with Crippen molar-refractivity contribution in [1.82, 2.24) is 4.31 Å².